The molecule has 8 nitrogen and oxygen atoms in total. The van der Waals surface area contributed by atoms with E-state index in [9.17, 15) is 9.59 Å². The second kappa shape index (κ2) is 12.0. The molecule has 1 amide bonds. The van der Waals surface area contributed by atoms with Crippen LogP contribution in [-0.4, -0.2) is 57.9 Å². The fraction of sp³-hybridized carbons (Fsp3) is 0.455. The highest BCUT2D eigenvalue weighted by Crippen LogP contribution is 2.38. The largest absolute Gasteiger partial charge is 0.468 e. The summed E-state index contributed by atoms with van der Waals surface area (Å²) in [6, 6.07) is 4.96. The van der Waals surface area contributed by atoms with Gasteiger partial charge >= 0.3 is 12.1 Å². The average molecular weight is 419 g/mol. The van der Waals surface area contributed by atoms with Gasteiger partial charge in [0.1, 0.15) is 18.5 Å². The van der Waals surface area contributed by atoms with Crippen LogP contribution in [0.3, 0.4) is 0 Å². The third-order valence-electron chi connectivity index (χ3n) is 4.48. The van der Waals surface area contributed by atoms with Crippen LogP contribution in [0.15, 0.2) is 43.5 Å². The number of hydrogen-bond donors (Lipinski definition) is 0. The molecule has 8 heteroatoms. The number of nitrogens with zero attached hydrogens (tertiary/aromatic N) is 1. The van der Waals surface area contributed by atoms with E-state index >= 15 is 0 Å². The van der Waals surface area contributed by atoms with Crippen molar-refractivity contribution in [2.75, 3.05) is 38.6 Å². The standard InChI is InChI=1S/C22H29NO7/c1-5-7-21(30-16(3)24)20-14-17-13-18(29-15-27-12-11-26-4)8-9-19(17)23(20)22(25)28-10-6-2/h5-6,8-9,13,20-21H,1-2,7,10-12,14-15H2,3-4H3/t20-,21-/m0/s1. The third kappa shape index (κ3) is 6.33. The molecule has 1 aromatic rings. The first-order valence-corrected chi connectivity index (χ1v) is 9.69. The highest BCUT2D eigenvalue weighted by molar-refractivity contribution is 5.91. The number of benzene rings is 1. The molecule has 0 fully saturated rings. The van der Waals surface area contributed by atoms with Crippen molar-refractivity contribution in [3.63, 3.8) is 0 Å². The molecule has 0 N–H and O–H groups in total. The molecule has 0 spiro atoms. The fourth-order valence-corrected chi connectivity index (χ4v) is 3.25. The third-order valence-corrected chi connectivity index (χ3v) is 4.48. The minimum Gasteiger partial charge on any atom is -0.468 e. The summed E-state index contributed by atoms with van der Waals surface area (Å²) in [6.45, 7) is 9.73. The van der Waals surface area contributed by atoms with Gasteiger partial charge < -0.3 is 23.7 Å². The summed E-state index contributed by atoms with van der Waals surface area (Å²) in [5.41, 5.74) is 1.56. The number of amides is 1. The van der Waals surface area contributed by atoms with Crippen LogP contribution in [-0.2, 0) is 30.2 Å². The number of hydrogen-bond acceptors (Lipinski definition) is 7. The van der Waals surface area contributed by atoms with Crippen LogP contribution in [0, 0.1) is 0 Å². The molecule has 30 heavy (non-hydrogen) atoms. The van der Waals surface area contributed by atoms with E-state index in [0.717, 1.165) is 5.56 Å². The normalized spacial score (nSPS) is 15.8. The van der Waals surface area contributed by atoms with Crippen LogP contribution in [0.2, 0.25) is 0 Å². The lowest BCUT2D eigenvalue weighted by Gasteiger charge is -2.30. The minimum atomic E-state index is -0.551. The molecule has 164 valence electrons. The number of fused-ring (bicyclic) bond motifs is 1. The molecule has 0 saturated carbocycles. The highest BCUT2D eigenvalue weighted by atomic mass is 16.7. The van der Waals surface area contributed by atoms with Gasteiger partial charge in [0.2, 0.25) is 0 Å². The van der Waals surface area contributed by atoms with E-state index < -0.39 is 24.2 Å². The Bertz CT molecular complexity index is 749. The SMILES string of the molecule is C=CCOC(=O)N1c2ccc(OCOCCOC)cc2C[C@H]1[C@H](CC=C)OC(C)=O. The lowest BCUT2D eigenvalue weighted by atomic mass is 10.0. The Labute approximate surface area is 177 Å². The number of carbonyl (C=O) groups excluding carboxylic acids is 2. The zero-order chi connectivity index (χ0) is 21.9. The van der Waals surface area contributed by atoms with E-state index in [0.29, 0.717) is 37.5 Å². The van der Waals surface area contributed by atoms with Crippen LogP contribution in [0.1, 0.15) is 18.9 Å². The molecule has 2 atom stereocenters. The van der Waals surface area contributed by atoms with Crippen LogP contribution < -0.4 is 9.64 Å². The molecular weight excluding hydrogens is 390 g/mol. The summed E-state index contributed by atoms with van der Waals surface area (Å²) in [5.74, 6) is 0.188. The molecular formula is C22H29NO7. The van der Waals surface area contributed by atoms with Gasteiger partial charge in [0.05, 0.1) is 24.9 Å². The zero-order valence-electron chi connectivity index (χ0n) is 17.5. The molecule has 0 radical (unpaired) electrons. The Morgan fingerprint density at radius 1 is 1.27 bits per heavy atom. The molecule has 1 aliphatic heterocycles. The van der Waals surface area contributed by atoms with Crippen molar-refractivity contribution in [2.24, 2.45) is 0 Å². The molecule has 0 saturated heterocycles. The van der Waals surface area contributed by atoms with Crippen LogP contribution in [0.5, 0.6) is 5.75 Å². The summed E-state index contributed by atoms with van der Waals surface area (Å²) in [5, 5.41) is 0. The first-order chi connectivity index (χ1) is 14.5. The minimum absolute atomic E-state index is 0.0804. The molecule has 1 aliphatic rings. The first-order valence-electron chi connectivity index (χ1n) is 9.69. The molecule has 0 bridgehead atoms. The highest BCUT2D eigenvalue weighted by Gasteiger charge is 2.40. The molecule has 0 aliphatic carbocycles. The second-order valence-electron chi connectivity index (χ2n) is 6.63. The molecule has 0 unspecified atom stereocenters. The summed E-state index contributed by atoms with van der Waals surface area (Å²) in [4.78, 5) is 25.9. The number of methoxy groups -OCH3 is 1. The van der Waals surface area contributed by atoms with Gasteiger partial charge in [-0.15, -0.1) is 6.58 Å². The molecule has 1 aromatic carbocycles. The van der Waals surface area contributed by atoms with Gasteiger partial charge in [-0.2, -0.15) is 0 Å². The van der Waals surface area contributed by atoms with Gasteiger partial charge in [0.25, 0.3) is 0 Å². The quantitative estimate of drug-likeness (QED) is 0.223. The van der Waals surface area contributed by atoms with Crippen LogP contribution in [0.4, 0.5) is 10.5 Å². The summed E-state index contributed by atoms with van der Waals surface area (Å²) < 4.78 is 26.6. The molecule has 1 heterocycles. The number of anilines is 1. The topological polar surface area (TPSA) is 83.5 Å². The number of ether oxygens (including phenoxy) is 5. The average Bonchev–Trinajstić information content (AvgIpc) is 3.10. The number of carbonyl (C=O) groups is 2. The first kappa shape index (κ1) is 23.4. The Balaban J connectivity index is 2.22. The van der Waals surface area contributed by atoms with E-state index in [-0.39, 0.29) is 13.4 Å². The monoisotopic (exact) mass is 419 g/mol. The smallest absolute Gasteiger partial charge is 0.415 e. The van der Waals surface area contributed by atoms with E-state index in [1.54, 1.807) is 25.3 Å². The van der Waals surface area contributed by atoms with E-state index in [2.05, 4.69) is 13.2 Å². The van der Waals surface area contributed by atoms with E-state index in [1.165, 1.54) is 17.9 Å². The Hall–Kier alpha value is -2.84. The van der Waals surface area contributed by atoms with Gasteiger partial charge in [0, 0.05) is 20.5 Å². The van der Waals surface area contributed by atoms with Crippen molar-refractivity contribution in [2.45, 2.75) is 31.9 Å². The maximum Gasteiger partial charge on any atom is 0.415 e. The Morgan fingerprint density at radius 2 is 2.07 bits per heavy atom. The van der Waals surface area contributed by atoms with Gasteiger partial charge in [-0.25, -0.2) is 4.79 Å². The van der Waals surface area contributed by atoms with Crippen molar-refractivity contribution < 1.29 is 33.3 Å². The van der Waals surface area contributed by atoms with E-state index in [1.807, 2.05) is 6.07 Å². The zero-order valence-corrected chi connectivity index (χ0v) is 17.5. The summed E-state index contributed by atoms with van der Waals surface area (Å²) in [6.07, 6.45) is 2.96. The Kier molecular flexibility index (Phi) is 9.37. The van der Waals surface area contributed by atoms with Crippen molar-refractivity contribution >= 4 is 17.7 Å². The fourth-order valence-electron chi connectivity index (χ4n) is 3.25. The second-order valence-corrected chi connectivity index (χ2v) is 6.63. The summed E-state index contributed by atoms with van der Waals surface area (Å²) >= 11 is 0. The lowest BCUT2D eigenvalue weighted by molar-refractivity contribution is -0.147. The van der Waals surface area contributed by atoms with Crippen molar-refractivity contribution in [3.05, 3.63) is 49.1 Å². The molecule has 2 rings (SSSR count). The summed E-state index contributed by atoms with van der Waals surface area (Å²) in [7, 11) is 1.60. The number of esters is 1. The predicted octanol–water partition coefficient (Wildman–Crippen LogP) is 3.25. The van der Waals surface area contributed by atoms with Gasteiger partial charge in [-0.1, -0.05) is 18.7 Å². The van der Waals surface area contributed by atoms with Crippen LogP contribution in [0.25, 0.3) is 0 Å². The van der Waals surface area contributed by atoms with Crippen LogP contribution >= 0.6 is 0 Å². The maximum absolute atomic E-state index is 12.8. The lowest BCUT2D eigenvalue weighted by Crippen LogP contribution is -2.46. The molecule has 0 aromatic heterocycles. The van der Waals surface area contributed by atoms with Gasteiger partial charge in [-0.05, 0) is 30.2 Å². The maximum atomic E-state index is 12.8. The predicted molar refractivity (Wildman–Crippen MR) is 112 cm³/mol. The van der Waals surface area contributed by atoms with Crippen molar-refractivity contribution in [3.8, 4) is 5.75 Å². The number of rotatable bonds is 12. The van der Waals surface area contributed by atoms with Crippen molar-refractivity contribution in [1.82, 2.24) is 0 Å². The Morgan fingerprint density at radius 3 is 2.73 bits per heavy atom. The van der Waals surface area contributed by atoms with Gasteiger partial charge in [0.15, 0.2) is 6.79 Å². The van der Waals surface area contributed by atoms with Crippen molar-refractivity contribution in [1.29, 1.82) is 0 Å². The van der Waals surface area contributed by atoms with Gasteiger partial charge in [-0.3, -0.25) is 9.69 Å². The van der Waals surface area contributed by atoms with E-state index in [4.69, 9.17) is 23.7 Å².